The number of carbonyl (C=O) groups is 1. The summed E-state index contributed by atoms with van der Waals surface area (Å²) < 4.78 is 10.8. The van der Waals surface area contributed by atoms with Crippen molar-refractivity contribution in [1.82, 2.24) is 0 Å². The number of carboxylic acid groups (broad SMARTS) is 1. The number of hydrogen-bond acceptors (Lipinski definition) is 4. The molecule has 0 aromatic heterocycles. The summed E-state index contributed by atoms with van der Waals surface area (Å²) in [4.78, 5) is 10.5. The van der Waals surface area contributed by atoms with Crippen molar-refractivity contribution in [2.45, 2.75) is 38.5 Å². The minimum absolute atomic E-state index is 0.264. The van der Waals surface area contributed by atoms with Crippen LogP contribution in [0.2, 0.25) is 12.1 Å². The zero-order chi connectivity index (χ0) is 12.8. The lowest BCUT2D eigenvalue weighted by molar-refractivity contribution is -0.138. The molecular formula is C10H22O5Si. The molecule has 96 valence electrons. The molecule has 0 spiro atoms. The first-order chi connectivity index (χ1) is 7.35. The fourth-order valence-corrected chi connectivity index (χ4v) is 4.86. The second-order valence-electron chi connectivity index (χ2n) is 4.37. The third-order valence-electron chi connectivity index (χ3n) is 2.42. The summed E-state index contributed by atoms with van der Waals surface area (Å²) in [6, 6.07) is 1.04. The number of hydrogen-bond donors (Lipinski definition) is 2. The fourth-order valence-electron chi connectivity index (χ4n) is 1.75. The van der Waals surface area contributed by atoms with Crippen LogP contribution in [0.25, 0.3) is 0 Å². The Morgan fingerprint density at radius 1 is 1.25 bits per heavy atom. The Balaban J connectivity index is 4.46. The molecule has 0 aliphatic carbocycles. The molecule has 0 bridgehead atoms. The number of carboxylic acids is 1. The van der Waals surface area contributed by atoms with Gasteiger partial charge in [0.05, 0.1) is 12.5 Å². The summed E-state index contributed by atoms with van der Waals surface area (Å²) in [5.41, 5.74) is 0. The van der Waals surface area contributed by atoms with Crippen LogP contribution in [0.5, 0.6) is 0 Å². The molecule has 0 fully saturated rings. The van der Waals surface area contributed by atoms with Crippen LogP contribution in [0.15, 0.2) is 0 Å². The van der Waals surface area contributed by atoms with Gasteiger partial charge in [0.25, 0.3) is 0 Å². The molecule has 0 saturated carbocycles. The van der Waals surface area contributed by atoms with Crippen molar-refractivity contribution in [3.8, 4) is 0 Å². The molecule has 0 saturated heterocycles. The Morgan fingerprint density at radius 3 is 2.06 bits per heavy atom. The van der Waals surface area contributed by atoms with Gasteiger partial charge in [0.2, 0.25) is 0 Å². The van der Waals surface area contributed by atoms with Gasteiger partial charge in [0.1, 0.15) is 0 Å². The lowest BCUT2D eigenvalue weighted by Crippen LogP contribution is -2.44. The normalized spacial score (nSPS) is 14.1. The summed E-state index contributed by atoms with van der Waals surface area (Å²) in [6.45, 7) is 4.09. The highest BCUT2D eigenvalue weighted by atomic mass is 28.4. The van der Waals surface area contributed by atoms with Crippen LogP contribution in [-0.2, 0) is 13.6 Å². The van der Waals surface area contributed by atoms with Gasteiger partial charge >= 0.3 is 14.5 Å². The maximum atomic E-state index is 10.5. The van der Waals surface area contributed by atoms with Crippen molar-refractivity contribution in [1.29, 1.82) is 0 Å². The largest absolute Gasteiger partial charge is 0.481 e. The second kappa shape index (κ2) is 7.00. The highest BCUT2D eigenvalue weighted by molar-refractivity contribution is 6.67. The Morgan fingerprint density at radius 2 is 1.75 bits per heavy atom. The standard InChI is InChI=1S/C10H22O5Si/c1-8(2)6-16(14-3,15-4)7-9(11)5-10(12)13/h8-9,11H,5-7H2,1-4H3,(H,12,13). The van der Waals surface area contributed by atoms with Crippen LogP contribution in [0.4, 0.5) is 0 Å². The van der Waals surface area contributed by atoms with Gasteiger partial charge in [-0.25, -0.2) is 0 Å². The molecule has 16 heavy (non-hydrogen) atoms. The van der Waals surface area contributed by atoms with E-state index in [0.29, 0.717) is 12.0 Å². The monoisotopic (exact) mass is 250 g/mol. The Kier molecular flexibility index (Phi) is 6.81. The van der Waals surface area contributed by atoms with Crippen molar-refractivity contribution in [2.24, 2.45) is 5.92 Å². The van der Waals surface area contributed by atoms with Crippen LogP contribution >= 0.6 is 0 Å². The minimum atomic E-state index is -2.45. The maximum Gasteiger partial charge on any atom is 0.340 e. The molecule has 0 aliphatic heterocycles. The van der Waals surface area contributed by atoms with E-state index in [0.717, 1.165) is 6.04 Å². The van der Waals surface area contributed by atoms with Crippen molar-refractivity contribution in [2.75, 3.05) is 14.2 Å². The zero-order valence-corrected chi connectivity index (χ0v) is 11.4. The predicted molar refractivity (Wildman–Crippen MR) is 62.5 cm³/mol. The molecule has 0 aliphatic rings. The summed E-state index contributed by atoms with van der Waals surface area (Å²) in [7, 11) is 0.672. The third kappa shape index (κ3) is 5.60. The number of aliphatic carboxylic acids is 1. The molecule has 0 radical (unpaired) electrons. The maximum absolute atomic E-state index is 10.5. The summed E-state index contributed by atoms with van der Waals surface area (Å²) in [5, 5.41) is 18.2. The van der Waals surface area contributed by atoms with E-state index >= 15 is 0 Å². The van der Waals surface area contributed by atoms with E-state index in [1.54, 1.807) is 14.2 Å². The zero-order valence-electron chi connectivity index (χ0n) is 10.4. The van der Waals surface area contributed by atoms with Gasteiger partial charge in [-0.05, 0) is 12.0 Å². The predicted octanol–water partition coefficient (Wildman–Crippen LogP) is 1.21. The summed E-state index contributed by atoms with van der Waals surface area (Å²) in [5.74, 6) is -0.615. The van der Waals surface area contributed by atoms with Crippen molar-refractivity contribution in [3.63, 3.8) is 0 Å². The van der Waals surface area contributed by atoms with Gasteiger partial charge < -0.3 is 19.1 Å². The highest BCUT2D eigenvalue weighted by Crippen LogP contribution is 2.25. The number of aliphatic hydroxyl groups excluding tert-OH is 1. The first kappa shape index (κ1) is 15.6. The van der Waals surface area contributed by atoms with Crippen molar-refractivity contribution < 1.29 is 23.9 Å². The Hall–Kier alpha value is -0.433. The quantitative estimate of drug-likeness (QED) is 0.633. The average molecular weight is 250 g/mol. The average Bonchev–Trinajstić information content (AvgIpc) is 2.14. The molecule has 0 aromatic carbocycles. The van der Waals surface area contributed by atoms with Crippen LogP contribution in [0, 0.1) is 5.92 Å². The van der Waals surface area contributed by atoms with Crippen LogP contribution in [0.1, 0.15) is 20.3 Å². The van der Waals surface area contributed by atoms with Gasteiger partial charge in [-0.15, -0.1) is 0 Å². The van der Waals surface area contributed by atoms with Crippen LogP contribution < -0.4 is 0 Å². The van der Waals surface area contributed by atoms with Gasteiger partial charge in [-0.2, -0.15) is 0 Å². The van der Waals surface area contributed by atoms with E-state index in [4.69, 9.17) is 14.0 Å². The molecule has 0 aromatic rings. The van der Waals surface area contributed by atoms with Crippen molar-refractivity contribution in [3.05, 3.63) is 0 Å². The molecule has 0 heterocycles. The first-order valence-electron chi connectivity index (χ1n) is 5.35. The van der Waals surface area contributed by atoms with E-state index in [1.165, 1.54) is 0 Å². The Labute approximate surface area is 97.6 Å². The smallest absolute Gasteiger partial charge is 0.340 e. The van der Waals surface area contributed by atoms with Crippen molar-refractivity contribution >= 4 is 14.5 Å². The third-order valence-corrected chi connectivity index (χ3v) is 6.44. The van der Waals surface area contributed by atoms with Gasteiger partial charge in [-0.3, -0.25) is 4.79 Å². The van der Waals surface area contributed by atoms with E-state index in [9.17, 15) is 9.90 Å². The molecule has 5 nitrogen and oxygen atoms in total. The first-order valence-corrected chi connectivity index (χ1v) is 7.58. The van der Waals surface area contributed by atoms with E-state index < -0.39 is 20.6 Å². The van der Waals surface area contributed by atoms with Gasteiger partial charge in [0.15, 0.2) is 0 Å². The summed E-state index contributed by atoms with van der Waals surface area (Å²) in [6.07, 6.45) is -1.16. The lowest BCUT2D eigenvalue weighted by Gasteiger charge is -2.30. The second-order valence-corrected chi connectivity index (χ2v) is 7.83. The fraction of sp³-hybridized carbons (Fsp3) is 0.900. The lowest BCUT2D eigenvalue weighted by atomic mass is 10.3. The number of aliphatic hydroxyl groups is 1. The summed E-state index contributed by atoms with van der Waals surface area (Å²) >= 11 is 0. The molecule has 0 rings (SSSR count). The Bertz CT molecular complexity index is 215. The minimum Gasteiger partial charge on any atom is -0.481 e. The van der Waals surface area contributed by atoms with E-state index in [2.05, 4.69) is 0 Å². The van der Waals surface area contributed by atoms with E-state index in [1.807, 2.05) is 13.8 Å². The topological polar surface area (TPSA) is 76.0 Å². The highest BCUT2D eigenvalue weighted by Gasteiger charge is 2.38. The molecule has 1 atom stereocenters. The molecular weight excluding hydrogens is 228 g/mol. The molecule has 1 unspecified atom stereocenters. The molecule has 2 N–H and O–H groups in total. The SMILES string of the molecule is CO[Si](CC(C)C)(CC(O)CC(=O)O)OC. The molecule has 0 amide bonds. The van der Waals surface area contributed by atoms with Gasteiger partial charge in [-0.1, -0.05) is 13.8 Å². The van der Waals surface area contributed by atoms with E-state index in [-0.39, 0.29) is 6.42 Å². The van der Waals surface area contributed by atoms with Crippen LogP contribution in [-0.4, -0.2) is 45.1 Å². The van der Waals surface area contributed by atoms with Gasteiger partial charge in [0, 0.05) is 20.3 Å². The van der Waals surface area contributed by atoms with Crippen LogP contribution in [0.3, 0.4) is 0 Å². The number of rotatable bonds is 8. The molecule has 6 heteroatoms.